The van der Waals surface area contributed by atoms with E-state index in [1.165, 1.54) is 31.2 Å². The minimum atomic E-state index is -0.470. The largest absolute Gasteiger partial charge is 0.377 e. The van der Waals surface area contributed by atoms with Crippen molar-refractivity contribution in [2.75, 3.05) is 5.32 Å². The number of aryl methyl sites for hydroxylation is 1. The fourth-order valence-electron chi connectivity index (χ4n) is 1.91. The first kappa shape index (κ1) is 14.9. The highest BCUT2D eigenvalue weighted by molar-refractivity contribution is 9.10. The van der Waals surface area contributed by atoms with Crippen LogP contribution in [0.3, 0.4) is 0 Å². The molecular formula is C15H13BrF3N. The zero-order valence-electron chi connectivity index (χ0n) is 11.0. The number of nitrogens with one attached hydrogen (secondary N) is 1. The van der Waals surface area contributed by atoms with E-state index in [0.29, 0.717) is 10.2 Å². The summed E-state index contributed by atoms with van der Waals surface area (Å²) in [7, 11) is 0. The minimum Gasteiger partial charge on any atom is -0.377 e. The first-order valence-electron chi connectivity index (χ1n) is 6.05. The molecule has 0 aliphatic heterocycles. The highest BCUT2D eigenvalue weighted by atomic mass is 79.9. The zero-order chi connectivity index (χ0) is 14.9. The Morgan fingerprint density at radius 2 is 1.75 bits per heavy atom. The van der Waals surface area contributed by atoms with Crippen molar-refractivity contribution in [1.29, 1.82) is 0 Å². The number of hydrogen-bond donors (Lipinski definition) is 1. The first-order valence-corrected chi connectivity index (χ1v) is 6.85. The van der Waals surface area contributed by atoms with Crippen LogP contribution in [0.1, 0.15) is 24.1 Å². The second-order valence-corrected chi connectivity index (χ2v) is 5.47. The van der Waals surface area contributed by atoms with E-state index in [1.807, 2.05) is 0 Å². The lowest BCUT2D eigenvalue weighted by atomic mass is 10.0. The van der Waals surface area contributed by atoms with Crippen molar-refractivity contribution < 1.29 is 13.2 Å². The maximum absolute atomic E-state index is 13.9. The Bertz CT molecular complexity index is 643. The molecule has 2 rings (SSSR count). The maximum atomic E-state index is 13.9. The summed E-state index contributed by atoms with van der Waals surface area (Å²) < 4.78 is 40.9. The van der Waals surface area contributed by atoms with Crippen molar-refractivity contribution in [2.45, 2.75) is 19.9 Å². The van der Waals surface area contributed by atoms with Crippen LogP contribution >= 0.6 is 15.9 Å². The summed E-state index contributed by atoms with van der Waals surface area (Å²) in [6.07, 6.45) is 0. The van der Waals surface area contributed by atoms with Gasteiger partial charge in [0.25, 0.3) is 0 Å². The van der Waals surface area contributed by atoms with Crippen LogP contribution in [0.5, 0.6) is 0 Å². The number of anilines is 1. The van der Waals surface area contributed by atoms with E-state index in [4.69, 9.17) is 0 Å². The highest BCUT2D eigenvalue weighted by Crippen LogP contribution is 2.29. The van der Waals surface area contributed by atoms with Crippen LogP contribution in [-0.4, -0.2) is 0 Å². The summed E-state index contributed by atoms with van der Waals surface area (Å²) in [5, 5.41) is 3.02. The molecule has 0 aromatic heterocycles. The van der Waals surface area contributed by atoms with Gasteiger partial charge in [0.1, 0.15) is 17.5 Å². The zero-order valence-corrected chi connectivity index (χ0v) is 12.6. The van der Waals surface area contributed by atoms with Crippen molar-refractivity contribution in [3.63, 3.8) is 0 Å². The Morgan fingerprint density at radius 3 is 2.40 bits per heavy atom. The van der Waals surface area contributed by atoms with E-state index in [0.717, 1.165) is 0 Å². The molecule has 5 heteroatoms. The molecule has 1 atom stereocenters. The summed E-state index contributed by atoms with van der Waals surface area (Å²) in [5.74, 6) is -1.29. The van der Waals surface area contributed by atoms with E-state index in [1.54, 1.807) is 13.0 Å². The molecule has 0 saturated carbocycles. The fourth-order valence-corrected chi connectivity index (χ4v) is 2.38. The maximum Gasteiger partial charge on any atom is 0.128 e. The van der Waals surface area contributed by atoms with Gasteiger partial charge in [-0.25, -0.2) is 13.2 Å². The van der Waals surface area contributed by atoms with Crippen molar-refractivity contribution >= 4 is 21.6 Å². The monoisotopic (exact) mass is 343 g/mol. The van der Waals surface area contributed by atoms with E-state index in [-0.39, 0.29) is 16.9 Å². The van der Waals surface area contributed by atoms with Gasteiger partial charge in [-0.1, -0.05) is 0 Å². The molecule has 0 radical (unpaired) electrons. The molecular weight excluding hydrogens is 331 g/mol. The number of hydrogen-bond acceptors (Lipinski definition) is 1. The van der Waals surface area contributed by atoms with Crippen molar-refractivity contribution in [3.05, 3.63) is 63.4 Å². The van der Waals surface area contributed by atoms with Crippen LogP contribution in [0, 0.1) is 24.4 Å². The Hall–Kier alpha value is -1.49. The highest BCUT2D eigenvalue weighted by Gasteiger charge is 2.15. The predicted molar refractivity (Wildman–Crippen MR) is 77.2 cm³/mol. The SMILES string of the molecule is Cc1cc(F)c(C(C)Nc2ccc(F)cc2Br)cc1F. The molecule has 20 heavy (non-hydrogen) atoms. The molecule has 106 valence electrons. The summed E-state index contributed by atoms with van der Waals surface area (Å²) in [5.41, 5.74) is 1.10. The number of rotatable bonds is 3. The van der Waals surface area contributed by atoms with Gasteiger partial charge in [0, 0.05) is 15.7 Å². The van der Waals surface area contributed by atoms with Crippen LogP contribution in [0.15, 0.2) is 34.8 Å². The third-order valence-corrected chi connectivity index (χ3v) is 3.70. The smallest absolute Gasteiger partial charge is 0.128 e. The molecule has 2 aromatic rings. The van der Waals surface area contributed by atoms with Gasteiger partial charge in [-0.15, -0.1) is 0 Å². The summed E-state index contributed by atoms with van der Waals surface area (Å²) in [6.45, 7) is 3.22. The molecule has 0 aliphatic rings. The van der Waals surface area contributed by atoms with Gasteiger partial charge in [-0.2, -0.15) is 0 Å². The van der Waals surface area contributed by atoms with Crippen LogP contribution in [0.2, 0.25) is 0 Å². The molecule has 2 aromatic carbocycles. The van der Waals surface area contributed by atoms with Gasteiger partial charge in [0.15, 0.2) is 0 Å². The summed E-state index contributed by atoms with van der Waals surface area (Å²) in [6, 6.07) is 6.04. The van der Waals surface area contributed by atoms with Gasteiger partial charge in [0.05, 0.1) is 6.04 Å². The molecule has 0 bridgehead atoms. The second-order valence-electron chi connectivity index (χ2n) is 4.61. The van der Waals surface area contributed by atoms with Gasteiger partial charge < -0.3 is 5.32 Å². The Morgan fingerprint density at radius 1 is 1.05 bits per heavy atom. The second kappa shape index (κ2) is 5.87. The molecule has 0 aliphatic carbocycles. The van der Waals surface area contributed by atoms with Crippen molar-refractivity contribution in [3.8, 4) is 0 Å². The van der Waals surface area contributed by atoms with E-state index < -0.39 is 17.7 Å². The first-order chi connectivity index (χ1) is 9.38. The predicted octanol–water partition coefficient (Wildman–Crippen LogP) is 5.35. The van der Waals surface area contributed by atoms with Crippen molar-refractivity contribution in [2.24, 2.45) is 0 Å². The third-order valence-electron chi connectivity index (χ3n) is 3.05. The fraction of sp³-hybridized carbons (Fsp3) is 0.200. The lowest BCUT2D eigenvalue weighted by Gasteiger charge is -2.18. The average molecular weight is 344 g/mol. The minimum absolute atomic E-state index is 0.226. The van der Waals surface area contributed by atoms with Gasteiger partial charge in [-0.3, -0.25) is 0 Å². The molecule has 0 heterocycles. The molecule has 0 fully saturated rings. The molecule has 1 nitrogen and oxygen atoms in total. The Kier molecular flexibility index (Phi) is 4.38. The van der Waals surface area contributed by atoms with Gasteiger partial charge in [-0.05, 0) is 65.7 Å². The lowest BCUT2D eigenvalue weighted by molar-refractivity contribution is 0.571. The third kappa shape index (κ3) is 3.15. The van der Waals surface area contributed by atoms with E-state index in [2.05, 4.69) is 21.2 Å². The quantitative estimate of drug-likeness (QED) is 0.792. The van der Waals surface area contributed by atoms with Crippen LogP contribution < -0.4 is 5.32 Å². The topological polar surface area (TPSA) is 12.0 Å². The van der Waals surface area contributed by atoms with Gasteiger partial charge >= 0.3 is 0 Å². The average Bonchev–Trinajstić information content (AvgIpc) is 2.37. The molecule has 0 saturated heterocycles. The Balaban J connectivity index is 2.28. The molecule has 1 N–H and O–H groups in total. The number of halogens is 4. The van der Waals surface area contributed by atoms with E-state index >= 15 is 0 Å². The van der Waals surface area contributed by atoms with Gasteiger partial charge in [0.2, 0.25) is 0 Å². The van der Waals surface area contributed by atoms with E-state index in [9.17, 15) is 13.2 Å². The van der Waals surface area contributed by atoms with Crippen LogP contribution in [0.4, 0.5) is 18.9 Å². The standard InChI is InChI=1S/C15H13BrF3N/c1-8-5-14(19)11(7-13(8)18)9(2)20-15-4-3-10(17)6-12(15)16/h3-7,9,20H,1-2H3. The van der Waals surface area contributed by atoms with Crippen molar-refractivity contribution in [1.82, 2.24) is 0 Å². The van der Waals surface area contributed by atoms with Crippen LogP contribution in [0.25, 0.3) is 0 Å². The molecule has 1 unspecified atom stereocenters. The molecule has 0 amide bonds. The summed E-state index contributed by atoms with van der Waals surface area (Å²) in [4.78, 5) is 0. The normalized spacial score (nSPS) is 12.3. The number of benzene rings is 2. The summed E-state index contributed by atoms with van der Waals surface area (Å²) >= 11 is 3.22. The Labute approximate surface area is 123 Å². The molecule has 0 spiro atoms. The van der Waals surface area contributed by atoms with Crippen LogP contribution in [-0.2, 0) is 0 Å². The lowest BCUT2D eigenvalue weighted by Crippen LogP contribution is -2.10.